The number of carbonyl (C=O) groups is 1. The van der Waals surface area contributed by atoms with Gasteiger partial charge >= 0.3 is 5.97 Å². The Labute approximate surface area is 69.1 Å². The van der Waals surface area contributed by atoms with Crippen LogP contribution in [0.3, 0.4) is 0 Å². The first-order chi connectivity index (χ1) is 4.79. The largest absolute Gasteiger partial charge is 0.466 e. The summed E-state index contributed by atoms with van der Waals surface area (Å²) in [7, 11) is 0. The molecule has 0 aromatic rings. The van der Waals surface area contributed by atoms with Crippen LogP contribution in [0.2, 0.25) is 0 Å². The first-order valence-corrected chi connectivity index (χ1v) is 4.64. The van der Waals surface area contributed by atoms with Crippen molar-refractivity contribution >= 4 is 21.9 Å². The van der Waals surface area contributed by atoms with Gasteiger partial charge < -0.3 is 4.74 Å². The number of hydrogen-bond donors (Lipinski definition) is 0. The van der Waals surface area contributed by atoms with E-state index in [1.807, 2.05) is 6.92 Å². The maximum absolute atomic E-state index is 10.9. The number of hydrogen-bond acceptors (Lipinski definition) is 2. The molecule has 1 aliphatic rings. The summed E-state index contributed by atoms with van der Waals surface area (Å²) in [5.74, 6) is 0.713. The third-order valence-electron chi connectivity index (χ3n) is 1.71. The highest BCUT2D eigenvalue weighted by molar-refractivity contribution is 9.09. The smallest absolute Gasteiger partial charge is 0.309 e. The molecule has 0 radical (unpaired) electrons. The summed E-state index contributed by atoms with van der Waals surface area (Å²) in [6, 6.07) is 0. The van der Waals surface area contributed by atoms with Gasteiger partial charge in [0.15, 0.2) is 0 Å². The van der Waals surface area contributed by atoms with Gasteiger partial charge in [-0.3, -0.25) is 4.79 Å². The van der Waals surface area contributed by atoms with Crippen LogP contribution in [0, 0.1) is 11.8 Å². The number of esters is 1. The van der Waals surface area contributed by atoms with E-state index in [1.165, 1.54) is 0 Å². The van der Waals surface area contributed by atoms with E-state index in [0.717, 1.165) is 11.8 Å². The molecule has 0 bridgehead atoms. The average molecular weight is 207 g/mol. The predicted molar refractivity (Wildman–Crippen MR) is 42.0 cm³/mol. The zero-order valence-electron chi connectivity index (χ0n) is 5.97. The summed E-state index contributed by atoms with van der Waals surface area (Å²) >= 11 is 3.33. The molecule has 0 aliphatic heterocycles. The Bertz CT molecular complexity index is 136. The van der Waals surface area contributed by atoms with Crippen LogP contribution in [-0.2, 0) is 9.53 Å². The fourth-order valence-electron chi connectivity index (χ4n) is 0.956. The quantitative estimate of drug-likeness (QED) is 0.518. The summed E-state index contributed by atoms with van der Waals surface area (Å²) in [5, 5.41) is 0.927. The predicted octanol–water partition coefficient (Wildman–Crippen LogP) is 1.58. The monoisotopic (exact) mass is 206 g/mol. The van der Waals surface area contributed by atoms with Gasteiger partial charge in [0.1, 0.15) is 0 Å². The Morgan fingerprint density at radius 1 is 1.80 bits per heavy atom. The summed E-state index contributed by atoms with van der Waals surface area (Å²) in [4.78, 5) is 10.9. The van der Waals surface area contributed by atoms with Crippen molar-refractivity contribution in [1.82, 2.24) is 0 Å². The molecule has 2 nitrogen and oxygen atoms in total. The van der Waals surface area contributed by atoms with Gasteiger partial charge in [-0.05, 0) is 19.3 Å². The van der Waals surface area contributed by atoms with E-state index in [-0.39, 0.29) is 11.9 Å². The van der Waals surface area contributed by atoms with Crippen molar-refractivity contribution in [2.75, 3.05) is 11.9 Å². The standard InChI is InChI=1S/C7H11BrO2/c1-2-10-7(9)6-3-5(6)4-8/h5-6H,2-4H2,1H3/t5-,6-/m1/s1. The molecule has 1 aliphatic carbocycles. The Kier molecular flexibility index (Phi) is 2.72. The SMILES string of the molecule is CCOC(=O)[C@@H]1C[C@@H]1CBr. The van der Waals surface area contributed by atoms with Crippen LogP contribution in [0.4, 0.5) is 0 Å². The third-order valence-corrected chi connectivity index (χ3v) is 2.54. The summed E-state index contributed by atoms with van der Waals surface area (Å²) < 4.78 is 4.84. The normalized spacial score (nSPS) is 29.8. The van der Waals surface area contributed by atoms with Gasteiger partial charge in [-0.1, -0.05) is 15.9 Å². The molecule has 0 unspecified atom stereocenters. The maximum atomic E-state index is 10.9. The van der Waals surface area contributed by atoms with E-state index in [9.17, 15) is 4.79 Å². The molecule has 0 saturated heterocycles. The van der Waals surface area contributed by atoms with Gasteiger partial charge in [0.25, 0.3) is 0 Å². The van der Waals surface area contributed by atoms with E-state index in [0.29, 0.717) is 12.5 Å². The lowest BCUT2D eigenvalue weighted by molar-refractivity contribution is -0.144. The zero-order chi connectivity index (χ0) is 7.56. The minimum absolute atomic E-state index is 0.0213. The fraction of sp³-hybridized carbons (Fsp3) is 0.857. The topological polar surface area (TPSA) is 26.3 Å². The van der Waals surface area contributed by atoms with Crippen molar-refractivity contribution in [3.63, 3.8) is 0 Å². The minimum Gasteiger partial charge on any atom is -0.466 e. The average Bonchev–Trinajstić information content (AvgIpc) is 2.66. The van der Waals surface area contributed by atoms with Crippen molar-refractivity contribution in [2.45, 2.75) is 13.3 Å². The van der Waals surface area contributed by atoms with Crippen LogP contribution in [0.25, 0.3) is 0 Å². The summed E-state index contributed by atoms with van der Waals surface area (Å²) in [6.07, 6.45) is 1.00. The molecule has 0 N–H and O–H groups in total. The summed E-state index contributed by atoms with van der Waals surface area (Å²) in [5.41, 5.74) is 0. The highest BCUT2D eigenvalue weighted by atomic mass is 79.9. The van der Waals surface area contributed by atoms with Crippen molar-refractivity contribution < 1.29 is 9.53 Å². The van der Waals surface area contributed by atoms with Crippen molar-refractivity contribution in [3.8, 4) is 0 Å². The molecule has 1 rings (SSSR count). The Morgan fingerprint density at radius 3 is 2.90 bits per heavy atom. The van der Waals surface area contributed by atoms with E-state index in [4.69, 9.17) is 4.74 Å². The van der Waals surface area contributed by atoms with Gasteiger partial charge in [0, 0.05) is 5.33 Å². The molecule has 1 saturated carbocycles. The van der Waals surface area contributed by atoms with Gasteiger partial charge in [0.05, 0.1) is 12.5 Å². The molecule has 0 aromatic heterocycles. The van der Waals surface area contributed by atoms with E-state index >= 15 is 0 Å². The molecule has 2 atom stereocenters. The van der Waals surface area contributed by atoms with Crippen LogP contribution in [0.15, 0.2) is 0 Å². The van der Waals surface area contributed by atoms with Crippen LogP contribution < -0.4 is 0 Å². The van der Waals surface area contributed by atoms with Crippen molar-refractivity contribution in [2.24, 2.45) is 11.8 Å². The molecular formula is C7H11BrO2. The molecular weight excluding hydrogens is 196 g/mol. The van der Waals surface area contributed by atoms with Crippen molar-refractivity contribution in [1.29, 1.82) is 0 Å². The number of rotatable bonds is 3. The van der Waals surface area contributed by atoms with E-state index in [1.54, 1.807) is 0 Å². The van der Waals surface area contributed by atoms with Gasteiger partial charge in [0.2, 0.25) is 0 Å². The molecule has 0 amide bonds. The van der Waals surface area contributed by atoms with Gasteiger partial charge in [-0.25, -0.2) is 0 Å². The van der Waals surface area contributed by atoms with Crippen LogP contribution >= 0.6 is 15.9 Å². The lowest BCUT2D eigenvalue weighted by Gasteiger charge is -1.97. The summed E-state index contributed by atoms with van der Waals surface area (Å²) in [6.45, 7) is 2.34. The Morgan fingerprint density at radius 2 is 2.50 bits per heavy atom. The number of ether oxygens (including phenoxy) is 1. The Balaban J connectivity index is 2.19. The molecule has 1 fully saturated rings. The van der Waals surface area contributed by atoms with Crippen LogP contribution in [0.5, 0.6) is 0 Å². The maximum Gasteiger partial charge on any atom is 0.309 e. The fourth-order valence-corrected chi connectivity index (χ4v) is 1.67. The number of carbonyl (C=O) groups excluding carboxylic acids is 1. The zero-order valence-corrected chi connectivity index (χ0v) is 7.56. The molecule has 0 aromatic carbocycles. The first kappa shape index (κ1) is 8.05. The third kappa shape index (κ3) is 1.72. The highest BCUT2D eigenvalue weighted by Gasteiger charge is 2.42. The Hall–Kier alpha value is -0.0500. The second kappa shape index (κ2) is 3.37. The van der Waals surface area contributed by atoms with Crippen LogP contribution in [0.1, 0.15) is 13.3 Å². The second-order valence-electron chi connectivity index (χ2n) is 2.51. The number of alkyl halides is 1. The highest BCUT2D eigenvalue weighted by Crippen LogP contribution is 2.40. The van der Waals surface area contributed by atoms with Crippen molar-refractivity contribution in [3.05, 3.63) is 0 Å². The van der Waals surface area contributed by atoms with Gasteiger partial charge in [-0.2, -0.15) is 0 Å². The number of halogens is 1. The van der Waals surface area contributed by atoms with Crippen LogP contribution in [-0.4, -0.2) is 17.9 Å². The lowest BCUT2D eigenvalue weighted by Crippen LogP contribution is -2.07. The second-order valence-corrected chi connectivity index (χ2v) is 3.16. The molecule has 0 heterocycles. The minimum atomic E-state index is -0.0213. The molecule has 10 heavy (non-hydrogen) atoms. The lowest BCUT2D eigenvalue weighted by atomic mass is 10.3. The first-order valence-electron chi connectivity index (χ1n) is 3.52. The van der Waals surface area contributed by atoms with Gasteiger partial charge in [-0.15, -0.1) is 0 Å². The molecule has 58 valence electrons. The molecule has 3 heteroatoms. The molecule has 0 spiro atoms. The van der Waals surface area contributed by atoms with E-state index < -0.39 is 0 Å². The van der Waals surface area contributed by atoms with E-state index in [2.05, 4.69) is 15.9 Å².